The molecule has 0 bridgehead atoms. The molecule has 1 fully saturated rings. The third-order valence-electron chi connectivity index (χ3n) is 5.89. The normalized spacial score (nSPS) is 15.4. The molecule has 0 aliphatic carbocycles. The molecule has 1 saturated heterocycles. The second-order valence-electron chi connectivity index (χ2n) is 9.52. The van der Waals surface area contributed by atoms with Crippen LogP contribution in [0.2, 0.25) is 0 Å². The Labute approximate surface area is 199 Å². The fraction of sp³-hybridized carbons (Fsp3) is 0.458. The van der Waals surface area contributed by atoms with E-state index in [2.05, 4.69) is 15.0 Å². The summed E-state index contributed by atoms with van der Waals surface area (Å²) in [5.41, 5.74) is -0.955. The number of halogens is 3. The van der Waals surface area contributed by atoms with E-state index in [0.717, 1.165) is 6.07 Å². The predicted octanol–water partition coefficient (Wildman–Crippen LogP) is 4.37. The summed E-state index contributed by atoms with van der Waals surface area (Å²) in [6, 6.07) is 3.83. The number of rotatable bonds is 3. The lowest BCUT2D eigenvalue weighted by Crippen LogP contribution is -2.42. The number of aromatic nitrogens is 4. The van der Waals surface area contributed by atoms with Crippen LogP contribution in [0.3, 0.4) is 0 Å². The van der Waals surface area contributed by atoms with Crippen molar-refractivity contribution in [3.63, 3.8) is 0 Å². The van der Waals surface area contributed by atoms with Gasteiger partial charge in [-0.3, -0.25) is 14.3 Å². The van der Waals surface area contributed by atoms with Crippen molar-refractivity contribution < 1.29 is 22.7 Å². The number of piperidine rings is 1. The van der Waals surface area contributed by atoms with Gasteiger partial charge in [-0.15, -0.1) is 0 Å². The second kappa shape index (κ2) is 9.27. The van der Waals surface area contributed by atoms with E-state index in [9.17, 15) is 22.8 Å². The van der Waals surface area contributed by atoms with Crippen molar-refractivity contribution in [1.29, 1.82) is 0 Å². The molecule has 3 aromatic heterocycles. The van der Waals surface area contributed by atoms with Crippen LogP contribution in [0.1, 0.15) is 56.4 Å². The van der Waals surface area contributed by atoms with E-state index in [4.69, 9.17) is 4.74 Å². The largest absolute Gasteiger partial charge is 0.444 e. The van der Waals surface area contributed by atoms with Crippen LogP contribution in [0.15, 0.2) is 41.7 Å². The number of hydrogen-bond acceptors (Lipinski definition) is 6. The van der Waals surface area contributed by atoms with Crippen molar-refractivity contribution in [2.24, 2.45) is 0 Å². The number of amides is 1. The molecule has 186 valence electrons. The molecule has 0 unspecified atom stereocenters. The summed E-state index contributed by atoms with van der Waals surface area (Å²) in [6.45, 7) is 5.82. The van der Waals surface area contributed by atoms with Crippen molar-refractivity contribution in [2.75, 3.05) is 13.1 Å². The van der Waals surface area contributed by atoms with Gasteiger partial charge in [0.05, 0.1) is 35.0 Å². The minimum atomic E-state index is -4.61. The van der Waals surface area contributed by atoms with Crippen molar-refractivity contribution in [3.8, 4) is 0 Å². The van der Waals surface area contributed by atoms with Gasteiger partial charge in [0.25, 0.3) is 5.56 Å². The fourth-order valence-electron chi connectivity index (χ4n) is 4.25. The first-order valence-electron chi connectivity index (χ1n) is 11.3. The van der Waals surface area contributed by atoms with E-state index in [1.165, 1.54) is 29.4 Å². The smallest absolute Gasteiger partial charge is 0.418 e. The molecule has 11 heteroatoms. The zero-order chi connectivity index (χ0) is 25.4. The number of pyridine rings is 2. The molecule has 35 heavy (non-hydrogen) atoms. The lowest BCUT2D eigenvalue weighted by atomic mass is 9.90. The summed E-state index contributed by atoms with van der Waals surface area (Å²) in [5, 5.41) is 0. The zero-order valence-electron chi connectivity index (χ0n) is 19.7. The summed E-state index contributed by atoms with van der Waals surface area (Å²) in [7, 11) is 0. The molecule has 0 saturated carbocycles. The van der Waals surface area contributed by atoms with Crippen LogP contribution in [-0.2, 0) is 17.5 Å². The highest BCUT2D eigenvalue weighted by Gasteiger charge is 2.34. The molecule has 3 aromatic rings. The van der Waals surface area contributed by atoms with Gasteiger partial charge in [0.15, 0.2) is 0 Å². The number of carbonyl (C=O) groups excluding carboxylic acids is 1. The zero-order valence-corrected chi connectivity index (χ0v) is 19.7. The highest BCUT2D eigenvalue weighted by molar-refractivity contribution is 5.74. The van der Waals surface area contributed by atoms with Gasteiger partial charge in [0.1, 0.15) is 11.9 Å². The Hall–Kier alpha value is -3.50. The van der Waals surface area contributed by atoms with Crippen LogP contribution in [0.5, 0.6) is 0 Å². The maximum Gasteiger partial charge on any atom is 0.418 e. The van der Waals surface area contributed by atoms with Crippen LogP contribution in [0, 0.1) is 0 Å². The second-order valence-corrected chi connectivity index (χ2v) is 9.52. The minimum absolute atomic E-state index is 0.183. The third kappa shape index (κ3) is 5.44. The van der Waals surface area contributed by atoms with Crippen molar-refractivity contribution in [1.82, 2.24) is 24.4 Å². The Morgan fingerprint density at radius 2 is 1.89 bits per heavy atom. The first-order chi connectivity index (χ1) is 16.4. The highest BCUT2D eigenvalue weighted by atomic mass is 19.4. The number of fused-ring (bicyclic) bond motifs is 1. The lowest BCUT2D eigenvalue weighted by Gasteiger charge is -2.33. The summed E-state index contributed by atoms with van der Waals surface area (Å²) in [4.78, 5) is 39.6. The molecule has 0 atom stereocenters. The first-order valence-corrected chi connectivity index (χ1v) is 11.3. The SMILES string of the molecule is CC(C)(C)OC(=O)N1CCC(c2cc3ncncc3n(Cc3ncccc3C(F)(F)F)c2=O)CC1. The number of ether oxygens (including phenoxy) is 1. The number of hydrogen-bond donors (Lipinski definition) is 0. The standard InChI is InChI=1S/C24H26F3N5O3/c1-23(2,3)35-22(34)31-9-6-15(7-10-31)16-11-18-20(12-28-14-30-18)32(21(16)33)13-19-17(24(25,26)27)5-4-8-29-19/h4-5,8,11-12,14-15H,6-7,9-10,13H2,1-3H3. The maximum atomic E-state index is 13.5. The molecule has 1 aliphatic heterocycles. The van der Waals surface area contributed by atoms with Crippen LogP contribution >= 0.6 is 0 Å². The minimum Gasteiger partial charge on any atom is -0.444 e. The summed E-state index contributed by atoms with van der Waals surface area (Å²) >= 11 is 0. The molecule has 0 N–H and O–H groups in total. The molecule has 0 radical (unpaired) electrons. The van der Waals surface area contributed by atoms with Crippen LogP contribution in [-0.4, -0.2) is 49.2 Å². The van der Waals surface area contributed by atoms with Crippen LogP contribution < -0.4 is 5.56 Å². The molecule has 8 nitrogen and oxygen atoms in total. The number of likely N-dealkylation sites (tertiary alicyclic amines) is 1. The molecular weight excluding hydrogens is 463 g/mol. The first kappa shape index (κ1) is 24.6. The third-order valence-corrected chi connectivity index (χ3v) is 5.89. The Kier molecular flexibility index (Phi) is 6.52. The predicted molar refractivity (Wildman–Crippen MR) is 122 cm³/mol. The maximum absolute atomic E-state index is 13.5. The number of carbonyl (C=O) groups is 1. The Balaban J connectivity index is 1.67. The molecule has 4 rings (SSSR count). The van der Waals surface area contributed by atoms with Crippen LogP contribution in [0.4, 0.5) is 18.0 Å². The van der Waals surface area contributed by atoms with Gasteiger partial charge in [-0.25, -0.2) is 14.8 Å². The quantitative estimate of drug-likeness (QED) is 0.543. The summed E-state index contributed by atoms with van der Waals surface area (Å²) in [5.74, 6) is -0.183. The molecule has 0 spiro atoms. The average Bonchev–Trinajstić information content (AvgIpc) is 2.79. The lowest BCUT2D eigenvalue weighted by molar-refractivity contribution is -0.138. The van der Waals surface area contributed by atoms with Crippen molar-refractivity contribution in [3.05, 3.63) is 64.1 Å². The molecule has 4 heterocycles. The van der Waals surface area contributed by atoms with E-state index in [0.29, 0.717) is 42.5 Å². The van der Waals surface area contributed by atoms with Gasteiger partial charge in [-0.2, -0.15) is 13.2 Å². The van der Waals surface area contributed by atoms with Gasteiger partial charge in [0, 0.05) is 24.8 Å². The van der Waals surface area contributed by atoms with E-state index in [-0.39, 0.29) is 18.2 Å². The molecule has 0 aromatic carbocycles. The van der Waals surface area contributed by atoms with Crippen LogP contribution in [0.25, 0.3) is 11.0 Å². The Morgan fingerprint density at radius 1 is 1.17 bits per heavy atom. The Bertz CT molecular complexity index is 1290. The molecule has 1 aliphatic rings. The van der Waals surface area contributed by atoms with E-state index >= 15 is 0 Å². The topological polar surface area (TPSA) is 90.2 Å². The van der Waals surface area contributed by atoms with Crippen molar-refractivity contribution in [2.45, 2.75) is 57.9 Å². The molecular formula is C24H26F3N5O3. The molecule has 1 amide bonds. The van der Waals surface area contributed by atoms with Crippen molar-refractivity contribution >= 4 is 17.1 Å². The Morgan fingerprint density at radius 3 is 2.54 bits per heavy atom. The average molecular weight is 489 g/mol. The highest BCUT2D eigenvalue weighted by Crippen LogP contribution is 2.32. The van der Waals surface area contributed by atoms with Gasteiger partial charge in [0.2, 0.25) is 0 Å². The van der Waals surface area contributed by atoms with Gasteiger partial charge in [-0.05, 0) is 57.7 Å². The van der Waals surface area contributed by atoms with Gasteiger partial charge < -0.3 is 9.64 Å². The van der Waals surface area contributed by atoms with Gasteiger partial charge >= 0.3 is 12.3 Å². The fourth-order valence-corrected chi connectivity index (χ4v) is 4.25. The summed E-state index contributed by atoms with van der Waals surface area (Å²) in [6.07, 6.45) is 0.0265. The monoisotopic (exact) mass is 489 g/mol. The summed E-state index contributed by atoms with van der Waals surface area (Å²) < 4.78 is 47.3. The number of nitrogens with zero attached hydrogens (tertiary/aromatic N) is 5. The van der Waals surface area contributed by atoms with E-state index < -0.39 is 29.0 Å². The van der Waals surface area contributed by atoms with E-state index in [1.54, 1.807) is 31.7 Å². The van der Waals surface area contributed by atoms with Gasteiger partial charge in [-0.1, -0.05) is 0 Å². The number of alkyl halides is 3. The van der Waals surface area contributed by atoms with E-state index in [1.807, 2.05) is 0 Å².